The Bertz CT molecular complexity index is 1090. The van der Waals surface area contributed by atoms with E-state index in [0.717, 1.165) is 34.9 Å². The molecule has 29 heavy (non-hydrogen) atoms. The Hall–Kier alpha value is -2.91. The summed E-state index contributed by atoms with van der Waals surface area (Å²) in [7, 11) is -1.69. The molecular weight excluding hydrogens is 392 g/mol. The van der Waals surface area contributed by atoms with E-state index in [1.165, 1.54) is 6.20 Å². The van der Waals surface area contributed by atoms with Crippen LogP contribution in [0, 0.1) is 13.8 Å². The maximum atomic E-state index is 12.8. The van der Waals surface area contributed by atoms with Crippen LogP contribution in [0.3, 0.4) is 0 Å². The molecule has 1 unspecified atom stereocenters. The van der Waals surface area contributed by atoms with Crippen LogP contribution in [0.25, 0.3) is 0 Å². The third kappa shape index (κ3) is 3.96. The second-order valence-corrected chi connectivity index (χ2v) is 8.70. The quantitative estimate of drug-likeness (QED) is 0.600. The van der Waals surface area contributed by atoms with E-state index >= 15 is 0 Å². The first-order chi connectivity index (χ1) is 13.8. The van der Waals surface area contributed by atoms with Gasteiger partial charge in [-0.3, -0.25) is 9.67 Å². The highest BCUT2D eigenvalue weighted by Gasteiger charge is 2.32. The first-order valence-electron chi connectivity index (χ1n) is 9.21. The first kappa shape index (κ1) is 19.4. The van der Waals surface area contributed by atoms with Crippen LogP contribution in [0.15, 0.2) is 41.4 Å². The van der Waals surface area contributed by atoms with Crippen LogP contribution in [-0.4, -0.2) is 26.1 Å². The Morgan fingerprint density at radius 3 is 2.66 bits per heavy atom. The van der Waals surface area contributed by atoms with Crippen LogP contribution < -0.4 is 14.2 Å². The summed E-state index contributed by atoms with van der Waals surface area (Å²) < 4.78 is 38.4. The minimum Gasteiger partial charge on any atom is -0.454 e. The average Bonchev–Trinajstić information content (AvgIpc) is 3.26. The molecule has 0 fully saturated rings. The second-order valence-electron chi connectivity index (χ2n) is 6.97. The molecular formula is C20H23N4O4S+. The number of nitrogens with zero attached hydrogens (tertiary/aromatic N) is 3. The Balaban J connectivity index is 1.43. The lowest BCUT2D eigenvalue weighted by molar-refractivity contribution is 0.174. The summed E-state index contributed by atoms with van der Waals surface area (Å²) in [6, 6.07) is 9.30. The van der Waals surface area contributed by atoms with E-state index in [-0.39, 0.29) is 11.7 Å². The van der Waals surface area contributed by atoms with Gasteiger partial charge in [-0.25, -0.2) is 0 Å². The Morgan fingerprint density at radius 2 is 1.97 bits per heavy atom. The molecule has 0 spiro atoms. The average molecular weight is 415 g/mol. The van der Waals surface area contributed by atoms with Gasteiger partial charge in [0.2, 0.25) is 11.7 Å². The summed E-state index contributed by atoms with van der Waals surface area (Å²) in [6.45, 7) is 3.89. The molecule has 8 nitrogen and oxygen atoms in total. The molecule has 3 heterocycles. The number of anilines is 1. The number of ether oxygens (including phenoxy) is 2. The molecule has 1 atom stereocenters. The Labute approximate surface area is 170 Å². The van der Waals surface area contributed by atoms with Gasteiger partial charge in [0.05, 0.1) is 17.6 Å². The van der Waals surface area contributed by atoms with Crippen LogP contribution in [0.1, 0.15) is 22.6 Å². The monoisotopic (exact) mass is 415 g/mol. The highest BCUT2D eigenvalue weighted by molar-refractivity contribution is 7.99. The van der Waals surface area contributed by atoms with Crippen molar-refractivity contribution >= 4 is 16.1 Å². The van der Waals surface area contributed by atoms with Gasteiger partial charge in [0, 0.05) is 18.8 Å². The van der Waals surface area contributed by atoms with Gasteiger partial charge in [0.25, 0.3) is 0 Å². The van der Waals surface area contributed by atoms with E-state index in [9.17, 15) is 8.76 Å². The van der Waals surface area contributed by atoms with Crippen molar-refractivity contribution in [1.29, 1.82) is 0 Å². The lowest BCUT2D eigenvalue weighted by atomic mass is 10.1. The number of aryl methyl sites for hydroxylation is 4. The predicted octanol–water partition coefficient (Wildman–Crippen LogP) is 3.30. The normalized spacial score (nSPS) is 14.6. The smallest absolute Gasteiger partial charge is 0.347 e. The standard InChI is InChI=1S/C20H22N4O4S/c1-13-20(14(2)24(3)22-13)23-29(25,26)17-8-7-16(21-11-17)6-4-15-5-9-18-19(10-15)28-12-27-18/h5,7-11H,4,6,12H2,1-3H3,(H-,23,25,26)/p+1. The molecule has 4 rings (SSSR count). The molecule has 0 bridgehead atoms. The van der Waals surface area contributed by atoms with Crippen molar-refractivity contribution in [3.8, 4) is 11.5 Å². The van der Waals surface area contributed by atoms with E-state index in [4.69, 9.17) is 9.47 Å². The van der Waals surface area contributed by atoms with Gasteiger partial charge in [0.15, 0.2) is 11.5 Å². The first-order valence-corrected chi connectivity index (χ1v) is 10.7. The number of benzene rings is 1. The topological polar surface area (TPSA) is 98.5 Å². The molecule has 9 heteroatoms. The molecule has 0 saturated carbocycles. The molecule has 0 radical (unpaired) electrons. The second kappa shape index (κ2) is 7.49. The van der Waals surface area contributed by atoms with E-state index < -0.39 is 10.4 Å². The van der Waals surface area contributed by atoms with Gasteiger partial charge < -0.3 is 9.47 Å². The van der Waals surface area contributed by atoms with E-state index in [1.807, 2.05) is 25.1 Å². The maximum Gasteiger partial charge on any atom is 0.347 e. The molecule has 152 valence electrons. The van der Waals surface area contributed by atoms with Crippen molar-refractivity contribution in [3.05, 3.63) is 59.2 Å². The summed E-state index contributed by atoms with van der Waals surface area (Å²) >= 11 is 0. The minimum atomic E-state index is -3.48. The fraction of sp³-hybridized carbons (Fsp3) is 0.300. The van der Waals surface area contributed by atoms with Crippen molar-refractivity contribution in [2.24, 2.45) is 7.05 Å². The summed E-state index contributed by atoms with van der Waals surface area (Å²) in [5, 5.41) is 4.26. The van der Waals surface area contributed by atoms with Crippen molar-refractivity contribution in [2.45, 2.75) is 31.6 Å². The zero-order valence-electron chi connectivity index (χ0n) is 16.5. The predicted molar refractivity (Wildman–Crippen MR) is 109 cm³/mol. The van der Waals surface area contributed by atoms with Crippen LogP contribution in [-0.2, 0) is 34.5 Å². The van der Waals surface area contributed by atoms with Gasteiger partial charge in [-0.2, -0.15) is 14.4 Å². The lowest BCUT2D eigenvalue weighted by Crippen LogP contribution is -2.21. The highest BCUT2D eigenvalue weighted by Crippen LogP contribution is 2.32. The van der Waals surface area contributed by atoms with Crippen LogP contribution in [0.4, 0.5) is 5.69 Å². The lowest BCUT2D eigenvalue weighted by Gasteiger charge is -2.08. The highest BCUT2D eigenvalue weighted by atomic mass is 32.3. The molecule has 1 aliphatic heterocycles. The number of fused-ring (bicyclic) bond motifs is 1. The number of nitrogens with one attached hydrogen (secondary N) is 1. The molecule has 3 aromatic rings. The molecule has 0 amide bonds. The fourth-order valence-corrected chi connectivity index (χ4v) is 4.35. The van der Waals surface area contributed by atoms with Gasteiger partial charge >= 0.3 is 10.4 Å². The van der Waals surface area contributed by atoms with Crippen LogP contribution in [0.2, 0.25) is 0 Å². The van der Waals surface area contributed by atoms with Gasteiger partial charge in [0.1, 0.15) is 5.69 Å². The SMILES string of the molecule is Cc1nn(C)c(C)c1N[S+](=O)(O)c1ccc(CCc2ccc3c(c2)OCO3)nc1. The molecule has 1 aliphatic rings. The van der Waals surface area contributed by atoms with Crippen molar-refractivity contribution in [2.75, 3.05) is 11.5 Å². The summed E-state index contributed by atoms with van der Waals surface area (Å²) in [4.78, 5) is 4.60. The van der Waals surface area contributed by atoms with Gasteiger partial charge in [-0.1, -0.05) is 6.07 Å². The molecule has 1 aromatic carbocycles. The summed E-state index contributed by atoms with van der Waals surface area (Å²) in [5.74, 6) is 1.53. The number of hydrogen-bond donors (Lipinski definition) is 2. The molecule has 2 N–H and O–H groups in total. The van der Waals surface area contributed by atoms with E-state index in [2.05, 4.69) is 14.8 Å². The number of hydrogen-bond acceptors (Lipinski definition) is 5. The summed E-state index contributed by atoms with van der Waals surface area (Å²) in [6.07, 6.45) is 2.94. The third-order valence-electron chi connectivity index (χ3n) is 4.97. The summed E-state index contributed by atoms with van der Waals surface area (Å²) in [5.41, 5.74) is 3.98. The van der Waals surface area contributed by atoms with E-state index in [1.54, 1.807) is 30.8 Å². The van der Waals surface area contributed by atoms with E-state index in [0.29, 0.717) is 17.8 Å². The van der Waals surface area contributed by atoms with Crippen molar-refractivity contribution < 1.29 is 18.2 Å². The Kier molecular flexibility index (Phi) is 5.01. The van der Waals surface area contributed by atoms with Gasteiger partial charge in [-0.15, -0.1) is 0 Å². The van der Waals surface area contributed by atoms with Crippen LogP contribution in [0.5, 0.6) is 11.5 Å². The largest absolute Gasteiger partial charge is 0.454 e. The maximum absolute atomic E-state index is 12.8. The fourth-order valence-electron chi connectivity index (χ4n) is 3.21. The molecule has 0 aliphatic carbocycles. The van der Waals surface area contributed by atoms with Crippen molar-refractivity contribution in [3.63, 3.8) is 0 Å². The zero-order valence-corrected chi connectivity index (χ0v) is 17.3. The zero-order chi connectivity index (χ0) is 20.6. The van der Waals surface area contributed by atoms with Gasteiger partial charge in [-0.05, 0) is 54.7 Å². The number of pyridine rings is 1. The third-order valence-corrected chi connectivity index (χ3v) is 6.33. The number of aromatic nitrogens is 3. The molecule has 2 aromatic heterocycles. The van der Waals surface area contributed by atoms with Crippen molar-refractivity contribution in [1.82, 2.24) is 14.8 Å². The van der Waals surface area contributed by atoms with Crippen LogP contribution >= 0.6 is 0 Å². The molecule has 0 saturated heterocycles. The number of rotatable bonds is 6. The Morgan fingerprint density at radius 1 is 1.17 bits per heavy atom. The minimum absolute atomic E-state index is 0.229.